The van der Waals surface area contributed by atoms with Crippen molar-refractivity contribution in [3.8, 4) is 0 Å². The second kappa shape index (κ2) is 13.8. The topological polar surface area (TPSA) is 122 Å². The minimum absolute atomic E-state index is 0.00433. The van der Waals surface area contributed by atoms with Crippen LogP contribution in [0.25, 0.3) is 0 Å². The van der Waals surface area contributed by atoms with Crippen LogP contribution in [0.15, 0.2) is 58.3 Å². The molecule has 9 nitrogen and oxygen atoms in total. The largest absolute Gasteiger partial charge is 0.381 e. The molecule has 0 aromatic heterocycles. The van der Waals surface area contributed by atoms with Gasteiger partial charge in [0, 0.05) is 40.3 Å². The van der Waals surface area contributed by atoms with E-state index in [9.17, 15) is 23.3 Å². The number of anilines is 1. The fourth-order valence-electron chi connectivity index (χ4n) is 4.98. The van der Waals surface area contributed by atoms with Crippen LogP contribution in [-0.2, 0) is 21.2 Å². The van der Waals surface area contributed by atoms with E-state index in [0.29, 0.717) is 24.1 Å². The number of carbonyl (C=O) groups is 1. The minimum atomic E-state index is -4.36. The SMILES string of the molecule is O=C(NS(=O)(=O)c1ccc(N[C@H](CCN2CCC2)CSc2ccccc2)c(CC[N+](=O)[O-])c1)C1(F)CCCCC1. The lowest BCUT2D eigenvalue weighted by atomic mass is 9.86. The number of alkyl halides is 1. The molecule has 40 heavy (non-hydrogen) atoms. The Morgan fingerprint density at radius 2 is 1.82 bits per heavy atom. The number of carbonyl (C=O) groups excluding carboxylic acids is 1. The maximum absolute atomic E-state index is 15.1. The molecule has 0 radical (unpaired) electrons. The van der Waals surface area contributed by atoms with Crippen LogP contribution in [0.4, 0.5) is 10.1 Å². The van der Waals surface area contributed by atoms with E-state index in [2.05, 4.69) is 10.2 Å². The highest BCUT2D eigenvalue weighted by Gasteiger charge is 2.41. The summed E-state index contributed by atoms with van der Waals surface area (Å²) < 4.78 is 43.1. The molecular weight excluding hydrogens is 555 g/mol. The molecule has 2 fully saturated rings. The van der Waals surface area contributed by atoms with Crippen molar-refractivity contribution < 1.29 is 22.5 Å². The second-order valence-corrected chi connectivity index (χ2v) is 13.3. The summed E-state index contributed by atoms with van der Waals surface area (Å²) in [7, 11) is -4.36. The van der Waals surface area contributed by atoms with Gasteiger partial charge >= 0.3 is 0 Å². The molecule has 12 heteroatoms. The molecular formula is C28H37FN4O5S2. The van der Waals surface area contributed by atoms with Crippen molar-refractivity contribution in [2.45, 2.75) is 72.9 Å². The van der Waals surface area contributed by atoms with E-state index < -0.39 is 26.5 Å². The molecule has 1 heterocycles. The van der Waals surface area contributed by atoms with Gasteiger partial charge in [-0.05, 0) is 87.5 Å². The quantitative estimate of drug-likeness (QED) is 0.185. The first-order valence-corrected chi connectivity index (χ1v) is 16.3. The number of thioether (sulfide) groups is 1. The summed E-state index contributed by atoms with van der Waals surface area (Å²) in [6.07, 6.45) is 3.89. The molecule has 4 rings (SSSR count). The molecule has 2 aromatic rings. The van der Waals surface area contributed by atoms with E-state index in [1.807, 2.05) is 35.1 Å². The Morgan fingerprint density at radius 3 is 2.48 bits per heavy atom. The van der Waals surface area contributed by atoms with Gasteiger partial charge in [-0.25, -0.2) is 17.5 Å². The number of nitrogens with zero attached hydrogens (tertiary/aromatic N) is 2. The Kier molecular flexibility index (Phi) is 10.4. The van der Waals surface area contributed by atoms with Crippen molar-refractivity contribution in [2.75, 3.05) is 37.2 Å². The third kappa shape index (κ3) is 8.40. The average molecular weight is 593 g/mol. The van der Waals surface area contributed by atoms with Crippen molar-refractivity contribution in [2.24, 2.45) is 0 Å². The zero-order chi connectivity index (χ0) is 28.6. The van der Waals surface area contributed by atoms with Crippen LogP contribution in [0.3, 0.4) is 0 Å². The molecule has 0 unspecified atom stereocenters. The number of rotatable bonds is 14. The van der Waals surface area contributed by atoms with E-state index in [1.165, 1.54) is 18.6 Å². The Bertz CT molecular complexity index is 1270. The summed E-state index contributed by atoms with van der Waals surface area (Å²) in [5.74, 6) is -0.397. The number of hydrogen-bond donors (Lipinski definition) is 2. The van der Waals surface area contributed by atoms with Crippen molar-refractivity contribution in [3.63, 3.8) is 0 Å². The van der Waals surface area contributed by atoms with Gasteiger partial charge in [0.2, 0.25) is 6.54 Å². The van der Waals surface area contributed by atoms with E-state index in [4.69, 9.17) is 0 Å². The Labute approximate surface area is 239 Å². The van der Waals surface area contributed by atoms with Gasteiger partial charge in [-0.3, -0.25) is 14.9 Å². The number of likely N-dealkylation sites (tertiary alicyclic amines) is 1. The van der Waals surface area contributed by atoms with Crippen LogP contribution in [0, 0.1) is 10.1 Å². The molecule has 1 aliphatic heterocycles. The lowest BCUT2D eigenvalue weighted by molar-refractivity contribution is -0.479. The number of nitrogens with one attached hydrogen (secondary N) is 2. The Balaban J connectivity index is 1.52. The van der Waals surface area contributed by atoms with Crippen LogP contribution >= 0.6 is 11.8 Å². The third-order valence-corrected chi connectivity index (χ3v) is 10.0. The predicted molar refractivity (Wildman–Crippen MR) is 155 cm³/mol. The van der Waals surface area contributed by atoms with Crippen LogP contribution in [0.5, 0.6) is 0 Å². The fourth-order valence-corrected chi connectivity index (χ4v) is 7.07. The molecule has 1 saturated heterocycles. The van der Waals surface area contributed by atoms with Crippen molar-refractivity contribution >= 4 is 33.4 Å². The molecule has 0 spiro atoms. The number of hydrogen-bond acceptors (Lipinski definition) is 8. The normalized spacial score (nSPS) is 17.9. The minimum Gasteiger partial charge on any atom is -0.381 e. The van der Waals surface area contributed by atoms with Gasteiger partial charge in [0.15, 0.2) is 5.67 Å². The van der Waals surface area contributed by atoms with Crippen LogP contribution in [-0.4, -0.2) is 67.8 Å². The first kappa shape index (κ1) is 30.3. The van der Waals surface area contributed by atoms with Gasteiger partial charge in [0.25, 0.3) is 15.9 Å². The number of benzene rings is 2. The van der Waals surface area contributed by atoms with Gasteiger partial charge in [-0.2, -0.15) is 0 Å². The van der Waals surface area contributed by atoms with Gasteiger partial charge in [0.05, 0.1) is 4.90 Å². The first-order valence-electron chi connectivity index (χ1n) is 13.8. The highest BCUT2D eigenvalue weighted by molar-refractivity contribution is 7.99. The molecule has 2 N–H and O–H groups in total. The van der Waals surface area contributed by atoms with Gasteiger partial charge in [-0.15, -0.1) is 11.8 Å². The lowest BCUT2D eigenvalue weighted by Crippen LogP contribution is -2.46. The maximum atomic E-state index is 15.1. The van der Waals surface area contributed by atoms with Crippen molar-refractivity contribution in [1.82, 2.24) is 9.62 Å². The first-order chi connectivity index (χ1) is 19.1. The summed E-state index contributed by atoms with van der Waals surface area (Å²) in [4.78, 5) is 26.6. The van der Waals surface area contributed by atoms with Crippen LogP contribution in [0.2, 0.25) is 0 Å². The van der Waals surface area contributed by atoms with Crippen LogP contribution in [0.1, 0.15) is 50.5 Å². The molecule has 2 aliphatic rings. The van der Waals surface area contributed by atoms with Gasteiger partial charge in [-0.1, -0.05) is 24.6 Å². The summed E-state index contributed by atoms with van der Waals surface area (Å²) >= 11 is 1.71. The third-order valence-electron chi connectivity index (χ3n) is 7.53. The fraction of sp³-hybridized carbons (Fsp3) is 0.536. The highest BCUT2D eigenvalue weighted by Crippen LogP contribution is 2.33. The van der Waals surface area contributed by atoms with E-state index >= 15 is 4.39 Å². The number of amides is 1. The number of halogens is 1. The number of sulfonamides is 1. The lowest BCUT2D eigenvalue weighted by Gasteiger charge is -2.32. The molecule has 0 bridgehead atoms. The Morgan fingerprint density at radius 1 is 1.10 bits per heavy atom. The van der Waals surface area contributed by atoms with Gasteiger partial charge < -0.3 is 10.2 Å². The summed E-state index contributed by atoms with van der Waals surface area (Å²) in [6.45, 7) is 2.69. The average Bonchev–Trinajstić information content (AvgIpc) is 2.90. The van der Waals surface area contributed by atoms with E-state index in [-0.39, 0.29) is 36.7 Å². The molecule has 1 amide bonds. The summed E-state index contributed by atoms with van der Waals surface area (Å²) in [5, 5.41) is 14.7. The maximum Gasteiger partial charge on any atom is 0.271 e. The number of nitro groups is 1. The molecule has 1 aliphatic carbocycles. The standard InChI is InChI=1S/C28H37FN4O5S2/c29-28(14-5-2-6-15-28)27(34)31-40(37,38)25-10-11-26(22(20-25)12-19-33(35)36)30-23(13-18-32-16-7-17-32)21-39-24-8-3-1-4-9-24/h1,3-4,8-11,20,23,30H,2,5-7,12-19,21H2,(H,31,34)/t23-/m1/s1. The smallest absolute Gasteiger partial charge is 0.271 e. The second-order valence-electron chi connectivity index (χ2n) is 10.5. The molecule has 1 saturated carbocycles. The molecule has 218 valence electrons. The Hall–Kier alpha value is -2.70. The van der Waals surface area contributed by atoms with Gasteiger partial charge in [0.1, 0.15) is 0 Å². The monoisotopic (exact) mass is 592 g/mol. The molecule has 1 atom stereocenters. The van der Waals surface area contributed by atoms with Crippen molar-refractivity contribution in [3.05, 3.63) is 64.2 Å². The zero-order valence-electron chi connectivity index (χ0n) is 22.5. The van der Waals surface area contributed by atoms with E-state index in [1.54, 1.807) is 17.8 Å². The van der Waals surface area contributed by atoms with E-state index in [0.717, 1.165) is 43.1 Å². The van der Waals surface area contributed by atoms with Crippen LogP contribution < -0.4 is 10.0 Å². The zero-order valence-corrected chi connectivity index (χ0v) is 24.2. The highest BCUT2D eigenvalue weighted by atomic mass is 32.2. The summed E-state index contributed by atoms with van der Waals surface area (Å²) in [5.41, 5.74) is -1.14. The van der Waals surface area contributed by atoms with Crippen molar-refractivity contribution in [1.29, 1.82) is 0 Å². The predicted octanol–water partition coefficient (Wildman–Crippen LogP) is 4.65. The molecule has 2 aromatic carbocycles. The summed E-state index contributed by atoms with van der Waals surface area (Å²) in [6, 6.07) is 14.3.